The summed E-state index contributed by atoms with van der Waals surface area (Å²) in [5.74, 6) is 2.67. The summed E-state index contributed by atoms with van der Waals surface area (Å²) in [4.78, 5) is 6.93. The van der Waals surface area contributed by atoms with Crippen LogP contribution in [0.1, 0.15) is 46.0 Å². The normalized spacial score (nSPS) is 29.6. The van der Waals surface area contributed by atoms with Gasteiger partial charge in [0, 0.05) is 39.3 Å². The lowest BCUT2D eigenvalue weighted by atomic mass is 9.92. The van der Waals surface area contributed by atoms with Gasteiger partial charge in [-0.1, -0.05) is 26.7 Å². The smallest absolute Gasteiger partial charge is 0.191 e. The fourth-order valence-corrected chi connectivity index (χ4v) is 3.77. The Labute approximate surface area is 124 Å². The summed E-state index contributed by atoms with van der Waals surface area (Å²) in [6, 6.07) is 0.635. The van der Waals surface area contributed by atoms with Crippen molar-refractivity contribution in [2.75, 3.05) is 33.2 Å². The molecule has 4 nitrogen and oxygen atoms in total. The van der Waals surface area contributed by atoms with E-state index >= 15 is 0 Å². The van der Waals surface area contributed by atoms with Crippen LogP contribution in [0.25, 0.3) is 0 Å². The molecule has 2 atom stereocenters. The van der Waals surface area contributed by atoms with Crippen LogP contribution in [0.5, 0.6) is 0 Å². The monoisotopic (exact) mass is 280 g/mol. The molecule has 20 heavy (non-hydrogen) atoms. The van der Waals surface area contributed by atoms with E-state index in [4.69, 9.17) is 0 Å². The fraction of sp³-hybridized carbons (Fsp3) is 0.938. The largest absolute Gasteiger partial charge is 0.355 e. The predicted molar refractivity (Wildman–Crippen MR) is 86.1 cm³/mol. The van der Waals surface area contributed by atoms with Gasteiger partial charge in [0.05, 0.1) is 0 Å². The Morgan fingerprint density at radius 2 is 1.80 bits per heavy atom. The van der Waals surface area contributed by atoms with Gasteiger partial charge in [0.25, 0.3) is 0 Å². The molecule has 4 heteroatoms. The summed E-state index contributed by atoms with van der Waals surface area (Å²) in [5.41, 5.74) is 0. The molecule has 0 amide bonds. The molecule has 1 saturated carbocycles. The van der Waals surface area contributed by atoms with Crippen LogP contribution >= 0.6 is 0 Å². The third kappa shape index (κ3) is 4.97. The maximum atomic E-state index is 4.34. The fourth-order valence-electron chi connectivity index (χ4n) is 3.77. The third-order valence-corrected chi connectivity index (χ3v) is 4.58. The van der Waals surface area contributed by atoms with E-state index in [1.54, 1.807) is 0 Å². The second-order valence-corrected chi connectivity index (χ2v) is 6.83. The minimum absolute atomic E-state index is 0.635. The number of aliphatic imine (C=N–C) groups is 1. The summed E-state index contributed by atoms with van der Waals surface area (Å²) in [6.07, 6.45) is 6.69. The molecule has 0 radical (unpaired) electrons. The van der Waals surface area contributed by atoms with Crippen LogP contribution in [0.15, 0.2) is 4.99 Å². The number of nitrogens with one attached hydrogen (secondary N) is 2. The molecule has 1 aliphatic heterocycles. The van der Waals surface area contributed by atoms with Gasteiger partial charge in [-0.25, -0.2) is 0 Å². The topological polar surface area (TPSA) is 39.7 Å². The first-order chi connectivity index (χ1) is 9.67. The van der Waals surface area contributed by atoms with Crippen molar-refractivity contribution in [2.45, 2.75) is 52.0 Å². The van der Waals surface area contributed by atoms with Crippen molar-refractivity contribution in [3.8, 4) is 0 Å². The van der Waals surface area contributed by atoms with E-state index in [0.717, 1.165) is 30.9 Å². The molecule has 2 aliphatic rings. The van der Waals surface area contributed by atoms with Gasteiger partial charge >= 0.3 is 0 Å². The van der Waals surface area contributed by atoms with Crippen LogP contribution in [0.4, 0.5) is 0 Å². The first-order valence-corrected chi connectivity index (χ1v) is 8.37. The molecule has 116 valence electrons. The second kappa shape index (κ2) is 7.87. The van der Waals surface area contributed by atoms with E-state index in [1.165, 1.54) is 45.2 Å². The highest BCUT2D eigenvalue weighted by Gasteiger charge is 2.21. The van der Waals surface area contributed by atoms with Crippen molar-refractivity contribution < 1.29 is 0 Å². The maximum Gasteiger partial charge on any atom is 0.191 e. The van der Waals surface area contributed by atoms with Crippen molar-refractivity contribution in [3.63, 3.8) is 0 Å². The average molecular weight is 280 g/mol. The Bertz CT molecular complexity index is 300. The zero-order valence-corrected chi connectivity index (χ0v) is 13.5. The Hall–Kier alpha value is -0.770. The quantitative estimate of drug-likeness (QED) is 0.612. The van der Waals surface area contributed by atoms with Crippen molar-refractivity contribution in [3.05, 3.63) is 0 Å². The molecule has 0 aromatic heterocycles. The SMILES string of the molecule is CN=C(NCCN1CC(C)CC(C)C1)NC1CCCC1. The number of guanidine groups is 1. The Morgan fingerprint density at radius 3 is 2.40 bits per heavy atom. The lowest BCUT2D eigenvalue weighted by Crippen LogP contribution is -2.47. The first-order valence-electron chi connectivity index (χ1n) is 8.37. The number of rotatable bonds is 4. The lowest BCUT2D eigenvalue weighted by molar-refractivity contribution is 0.143. The number of likely N-dealkylation sites (tertiary alicyclic amines) is 1. The first kappa shape index (κ1) is 15.6. The molecular weight excluding hydrogens is 248 g/mol. The molecule has 2 fully saturated rings. The van der Waals surface area contributed by atoms with E-state index < -0.39 is 0 Å². The van der Waals surface area contributed by atoms with Crippen LogP contribution in [0, 0.1) is 11.8 Å². The molecule has 0 spiro atoms. The molecule has 0 aromatic rings. The highest BCUT2D eigenvalue weighted by atomic mass is 15.2. The number of hydrogen-bond donors (Lipinski definition) is 2. The standard InChI is InChI=1S/C16H32N4/c1-13-10-14(2)12-20(11-13)9-8-18-16(17-3)19-15-6-4-5-7-15/h13-15H,4-12H2,1-3H3,(H2,17,18,19). The van der Waals surface area contributed by atoms with Gasteiger partial charge in [0.2, 0.25) is 0 Å². The zero-order chi connectivity index (χ0) is 14.4. The predicted octanol–water partition coefficient (Wildman–Crippen LogP) is 2.07. The van der Waals surface area contributed by atoms with E-state index in [0.29, 0.717) is 6.04 Å². The van der Waals surface area contributed by atoms with Crippen molar-refractivity contribution in [1.82, 2.24) is 15.5 Å². The molecule has 2 unspecified atom stereocenters. The number of nitrogens with zero attached hydrogens (tertiary/aromatic N) is 2. The Kier molecular flexibility index (Phi) is 6.14. The van der Waals surface area contributed by atoms with Crippen molar-refractivity contribution in [2.24, 2.45) is 16.8 Å². The van der Waals surface area contributed by atoms with Crippen LogP contribution < -0.4 is 10.6 Å². The van der Waals surface area contributed by atoms with E-state index in [2.05, 4.69) is 34.4 Å². The van der Waals surface area contributed by atoms with Gasteiger partial charge in [-0.05, 0) is 31.1 Å². The highest BCUT2D eigenvalue weighted by molar-refractivity contribution is 5.79. The molecular formula is C16H32N4. The molecule has 0 aromatic carbocycles. The molecule has 1 aliphatic carbocycles. The van der Waals surface area contributed by atoms with Crippen LogP contribution in [0.2, 0.25) is 0 Å². The maximum absolute atomic E-state index is 4.34. The zero-order valence-electron chi connectivity index (χ0n) is 13.5. The Morgan fingerprint density at radius 1 is 1.15 bits per heavy atom. The minimum Gasteiger partial charge on any atom is -0.355 e. The highest BCUT2D eigenvalue weighted by Crippen LogP contribution is 2.20. The van der Waals surface area contributed by atoms with E-state index in [1.807, 2.05) is 7.05 Å². The molecule has 2 N–H and O–H groups in total. The van der Waals surface area contributed by atoms with Gasteiger partial charge in [-0.15, -0.1) is 0 Å². The molecule has 1 heterocycles. The van der Waals surface area contributed by atoms with Gasteiger partial charge in [0.15, 0.2) is 5.96 Å². The van der Waals surface area contributed by atoms with Gasteiger partial charge < -0.3 is 15.5 Å². The lowest BCUT2D eigenvalue weighted by Gasteiger charge is -2.35. The molecule has 1 saturated heterocycles. The van der Waals surface area contributed by atoms with Crippen molar-refractivity contribution >= 4 is 5.96 Å². The van der Waals surface area contributed by atoms with Gasteiger partial charge in [-0.3, -0.25) is 4.99 Å². The molecule has 2 rings (SSSR count). The second-order valence-electron chi connectivity index (χ2n) is 6.83. The van der Waals surface area contributed by atoms with Crippen LogP contribution in [0.3, 0.4) is 0 Å². The summed E-state index contributed by atoms with van der Waals surface area (Å²) in [7, 11) is 1.87. The summed E-state index contributed by atoms with van der Waals surface area (Å²) >= 11 is 0. The van der Waals surface area contributed by atoms with Crippen molar-refractivity contribution in [1.29, 1.82) is 0 Å². The number of hydrogen-bond acceptors (Lipinski definition) is 2. The summed E-state index contributed by atoms with van der Waals surface area (Å²) < 4.78 is 0. The molecule has 0 bridgehead atoms. The average Bonchev–Trinajstić information content (AvgIpc) is 2.89. The van der Waals surface area contributed by atoms with Crippen LogP contribution in [-0.2, 0) is 0 Å². The number of piperidine rings is 1. The third-order valence-electron chi connectivity index (χ3n) is 4.58. The van der Waals surface area contributed by atoms with Gasteiger partial charge in [-0.2, -0.15) is 0 Å². The van der Waals surface area contributed by atoms with Gasteiger partial charge in [0.1, 0.15) is 0 Å². The summed E-state index contributed by atoms with van der Waals surface area (Å²) in [6.45, 7) is 9.36. The summed E-state index contributed by atoms with van der Waals surface area (Å²) in [5, 5.41) is 7.01. The van der Waals surface area contributed by atoms with E-state index in [-0.39, 0.29) is 0 Å². The van der Waals surface area contributed by atoms with Crippen LogP contribution in [-0.4, -0.2) is 50.1 Å². The Balaban J connectivity index is 1.65. The van der Waals surface area contributed by atoms with E-state index in [9.17, 15) is 0 Å². The minimum atomic E-state index is 0.635.